The van der Waals surface area contributed by atoms with Crippen LogP contribution in [-0.4, -0.2) is 49.8 Å². The molecule has 1 aliphatic rings. The van der Waals surface area contributed by atoms with Gasteiger partial charge < -0.3 is 24.3 Å². The highest BCUT2D eigenvalue weighted by molar-refractivity contribution is 6.00. The maximum Gasteiger partial charge on any atom is 0.336 e. The molecule has 0 saturated heterocycles. The van der Waals surface area contributed by atoms with Crippen molar-refractivity contribution in [2.45, 2.75) is 26.7 Å². The van der Waals surface area contributed by atoms with E-state index in [9.17, 15) is 9.59 Å². The summed E-state index contributed by atoms with van der Waals surface area (Å²) in [7, 11) is 4.13. The fourth-order valence-electron chi connectivity index (χ4n) is 3.08. The molecular weight excluding hydrogens is 354 g/mol. The summed E-state index contributed by atoms with van der Waals surface area (Å²) in [6, 6.07) is 0. The second kappa shape index (κ2) is 8.52. The number of methoxy groups -OCH3 is 3. The molecule has 1 aromatic rings. The summed E-state index contributed by atoms with van der Waals surface area (Å²) in [5.74, 6) is -1.71. The molecule has 0 aliphatic carbocycles. The Balaban J connectivity index is 2.83. The lowest BCUT2D eigenvalue weighted by atomic mass is 9.81. The first-order chi connectivity index (χ1) is 12.9. The Hall–Kier alpha value is -3.10. The molecule has 1 aromatic heterocycles. The first-order valence-electron chi connectivity index (χ1n) is 8.27. The van der Waals surface area contributed by atoms with Crippen molar-refractivity contribution in [3.05, 3.63) is 34.4 Å². The maximum atomic E-state index is 12.7. The van der Waals surface area contributed by atoms with Crippen molar-refractivity contribution in [2.24, 2.45) is 0 Å². The Labute approximate surface area is 157 Å². The lowest BCUT2D eigenvalue weighted by Gasteiger charge is -2.30. The van der Waals surface area contributed by atoms with Crippen LogP contribution in [-0.2, 0) is 19.1 Å². The summed E-state index contributed by atoms with van der Waals surface area (Å²) in [5.41, 5.74) is 1.86. The quantitative estimate of drug-likeness (QED) is 0.737. The average Bonchev–Trinajstić information content (AvgIpc) is 2.66. The molecule has 1 N–H and O–H groups in total. The van der Waals surface area contributed by atoms with Crippen molar-refractivity contribution in [1.29, 1.82) is 0 Å². The molecule has 0 amide bonds. The topological polar surface area (TPSA) is 109 Å². The number of ether oxygens (including phenoxy) is 4. The predicted molar refractivity (Wildman–Crippen MR) is 95.1 cm³/mol. The van der Waals surface area contributed by atoms with E-state index in [-0.39, 0.29) is 29.5 Å². The van der Waals surface area contributed by atoms with Crippen molar-refractivity contribution in [2.75, 3.05) is 27.9 Å². The lowest BCUT2D eigenvalue weighted by molar-refractivity contribution is -0.139. The number of nitrogens with one attached hydrogen (secondary N) is 1. The molecular formula is C18H23N3O6. The minimum atomic E-state index is -0.885. The molecule has 0 fully saturated rings. The summed E-state index contributed by atoms with van der Waals surface area (Å²) in [6.45, 7) is 5.32. The van der Waals surface area contributed by atoms with Gasteiger partial charge in [0.15, 0.2) is 0 Å². The minimum absolute atomic E-state index is 0.178. The maximum absolute atomic E-state index is 12.7. The van der Waals surface area contributed by atoms with Crippen LogP contribution in [0, 0.1) is 0 Å². The standard InChI is InChI=1S/C18H23N3O6/c1-7-27-18(23)12-10(3)21-9(2)11(17(22)26-6)13(12)14-15(24-4)19-8-20-16(14)25-5/h8,13,21H,7H2,1-6H3. The van der Waals surface area contributed by atoms with Gasteiger partial charge in [0.05, 0.1) is 50.6 Å². The van der Waals surface area contributed by atoms with Crippen LogP contribution in [0.15, 0.2) is 28.9 Å². The van der Waals surface area contributed by atoms with Crippen LogP contribution in [0.5, 0.6) is 11.8 Å². The highest BCUT2D eigenvalue weighted by atomic mass is 16.5. The molecule has 0 saturated carbocycles. The molecule has 0 spiro atoms. The van der Waals surface area contributed by atoms with Crippen molar-refractivity contribution in [3.63, 3.8) is 0 Å². The van der Waals surface area contributed by atoms with Gasteiger partial charge in [-0.05, 0) is 20.8 Å². The van der Waals surface area contributed by atoms with Crippen LogP contribution in [0.25, 0.3) is 0 Å². The summed E-state index contributed by atoms with van der Waals surface area (Å²) < 4.78 is 20.9. The van der Waals surface area contributed by atoms with Crippen LogP contribution < -0.4 is 14.8 Å². The molecule has 2 heterocycles. The van der Waals surface area contributed by atoms with Gasteiger partial charge in [0.25, 0.3) is 0 Å². The Morgan fingerprint density at radius 3 is 1.96 bits per heavy atom. The van der Waals surface area contributed by atoms with Crippen LogP contribution in [0.1, 0.15) is 32.3 Å². The summed E-state index contributed by atoms with van der Waals surface area (Å²) >= 11 is 0. The molecule has 27 heavy (non-hydrogen) atoms. The van der Waals surface area contributed by atoms with Gasteiger partial charge in [-0.25, -0.2) is 19.6 Å². The monoisotopic (exact) mass is 377 g/mol. The normalized spacial score (nSPS) is 16.6. The first-order valence-corrected chi connectivity index (χ1v) is 8.27. The van der Waals surface area contributed by atoms with Crippen LogP contribution in [0.3, 0.4) is 0 Å². The second-order valence-electron chi connectivity index (χ2n) is 5.65. The van der Waals surface area contributed by atoms with Gasteiger partial charge in [0, 0.05) is 11.4 Å². The van der Waals surface area contributed by atoms with E-state index in [1.165, 1.54) is 27.7 Å². The molecule has 1 atom stereocenters. The van der Waals surface area contributed by atoms with Gasteiger partial charge in [-0.2, -0.15) is 0 Å². The SMILES string of the molecule is CCOC(=O)C1=C(C)NC(C)=C(C(=O)OC)C1c1c(OC)ncnc1OC. The van der Waals surface area contributed by atoms with Gasteiger partial charge in [-0.1, -0.05) is 0 Å². The van der Waals surface area contributed by atoms with E-state index >= 15 is 0 Å². The zero-order valence-electron chi connectivity index (χ0n) is 16.2. The van der Waals surface area contributed by atoms with Crippen molar-refractivity contribution in [1.82, 2.24) is 15.3 Å². The third-order valence-electron chi connectivity index (χ3n) is 4.15. The molecule has 0 bridgehead atoms. The van der Waals surface area contributed by atoms with E-state index in [0.717, 1.165) is 0 Å². The highest BCUT2D eigenvalue weighted by Gasteiger charge is 2.41. The first kappa shape index (κ1) is 20.2. The van der Waals surface area contributed by atoms with Gasteiger partial charge in [-0.3, -0.25) is 0 Å². The van der Waals surface area contributed by atoms with Crippen molar-refractivity contribution < 1.29 is 28.5 Å². The summed E-state index contributed by atoms with van der Waals surface area (Å²) in [6.07, 6.45) is 1.28. The van der Waals surface area contributed by atoms with E-state index in [1.54, 1.807) is 20.8 Å². The smallest absolute Gasteiger partial charge is 0.336 e. The van der Waals surface area contributed by atoms with E-state index in [2.05, 4.69) is 15.3 Å². The number of allylic oxidation sites excluding steroid dienone is 2. The highest BCUT2D eigenvalue weighted by Crippen LogP contribution is 2.45. The second-order valence-corrected chi connectivity index (χ2v) is 5.65. The van der Waals surface area contributed by atoms with Gasteiger partial charge in [0.2, 0.25) is 11.8 Å². The van der Waals surface area contributed by atoms with E-state index in [4.69, 9.17) is 18.9 Å². The number of carbonyl (C=O) groups excluding carboxylic acids is 2. The number of aromatic nitrogens is 2. The minimum Gasteiger partial charge on any atom is -0.481 e. The molecule has 0 radical (unpaired) electrons. The van der Waals surface area contributed by atoms with E-state index in [0.29, 0.717) is 17.0 Å². The molecule has 9 heteroatoms. The Kier molecular flexibility index (Phi) is 6.38. The largest absolute Gasteiger partial charge is 0.481 e. The molecule has 1 aliphatic heterocycles. The van der Waals surface area contributed by atoms with Crippen molar-refractivity contribution in [3.8, 4) is 11.8 Å². The van der Waals surface area contributed by atoms with Gasteiger partial charge in [-0.15, -0.1) is 0 Å². The number of nitrogens with zero attached hydrogens (tertiary/aromatic N) is 2. The molecule has 1 unspecified atom stereocenters. The van der Waals surface area contributed by atoms with Crippen molar-refractivity contribution >= 4 is 11.9 Å². The van der Waals surface area contributed by atoms with Crippen LogP contribution in [0.4, 0.5) is 0 Å². The molecule has 0 aromatic carbocycles. The molecule has 9 nitrogen and oxygen atoms in total. The number of carbonyl (C=O) groups is 2. The summed E-state index contributed by atoms with van der Waals surface area (Å²) in [5, 5.41) is 3.04. The number of rotatable bonds is 6. The third kappa shape index (κ3) is 3.71. The Morgan fingerprint density at radius 2 is 1.52 bits per heavy atom. The molecule has 146 valence electrons. The van der Waals surface area contributed by atoms with E-state index in [1.807, 2.05) is 0 Å². The number of dihydropyridines is 1. The zero-order chi connectivity index (χ0) is 20.1. The Morgan fingerprint density at radius 1 is 1.00 bits per heavy atom. The predicted octanol–water partition coefficient (Wildman–Crippen LogP) is 1.46. The average molecular weight is 377 g/mol. The number of hydrogen-bond acceptors (Lipinski definition) is 9. The lowest BCUT2D eigenvalue weighted by Crippen LogP contribution is -2.32. The van der Waals surface area contributed by atoms with Crippen LogP contribution in [0.2, 0.25) is 0 Å². The fraction of sp³-hybridized carbons (Fsp3) is 0.444. The third-order valence-corrected chi connectivity index (χ3v) is 4.15. The number of esters is 2. The number of hydrogen-bond donors (Lipinski definition) is 1. The fourth-order valence-corrected chi connectivity index (χ4v) is 3.08. The molecule has 2 rings (SSSR count). The van der Waals surface area contributed by atoms with E-state index < -0.39 is 17.9 Å². The zero-order valence-corrected chi connectivity index (χ0v) is 16.2. The van der Waals surface area contributed by atoms with Crippen LogP contribution >= 0.6 is 0 Å². The Bertz CT molecular complexity index is 793. The van der Waals surface area contributed by atoms with Gasteiger partial charge >= 0.3 is 11.9 Å². The summed E-state index contributed by atoms with van der Waals surface area (Å²) in [4.78, 5) is 33.5. The van der Waals surface area contributed by atoms with Gasteiger partial charge in [0.1, 0.15) is 6.33 Å².